The zero-order valence-corrected chi connectivity index (χ0v) is 14.8. The van der Waals surface area contributed by atoms with Crippen LogP contribution in [0, 0.1) is 6.92 Å². The number of aryl methyl sites for hydroxylation is 1. The summed E-state index contributed by atoms with van der Waals surface area (Å²) in [7, 11) is 0. The number of nitrogens with zero attached hydrogens (tertiary/aromatic N) is 3. The quantitative estimate of drug-likeness (QED) is 0.504. The molecule has 1 heterocycles. The molecule has 0 aliphatic heterocycles. The molecule has 2 N–H and O–H groups in total. The lowest BCUT2D eigenvalue weighted by Crippen LogP contribution is -1.99. The average Bonchev–Trinajstić information content (AvgIpc) is 2.59. The number of hydrogen-bond acceptors (Lipinski definition) is 5. The number of hydrazone groups is 1. The average molecular weight is 373 g/mol. The Kier molecular flexibility index (Phi) is 5.16. The molecule has 0 bridgehead atoms. The van der Waals surface area contributed by atoms with Gasteiger partial charge in [-0.25, -0.2) is 9.97 Å². The molecule has 0 radical (unpaired) electrons. The zero-order chi connectivity index (χ0) is 17.8. The highest BCUT2D eigenvalue weighted by atomic mass is 35.5. The molecule has 0 spiro atoms. The van der Waals surface area contributed by atoms with Gasteiger partial charge in [-0.05, 0) is 19.1 Å². The van der Waals surface area contributed by atoms with E-state index < -0.39 is 0 Å². The van der Waals surface area contributed by atoms with E-state index in [9.17, 15) is 5.11 Å². The Labute approximate surface area is 155 Å². The monoisotopic (exact) mass is 372 g/mol. The van der Waals surface area contributed by atoms with Crippen LogP contribution < -0.4 is 5.43 Å². The molecule has 0 saturated carbocycles. The fourth-order valence-electron chi connectivity index (χ4n) is 2.23. The smallest absolute Gasteiger partial charge is 0.150 e. The molecule has 126 valence electrons. The van der Waals surface area contributed by atoms with Gasteiger partial charge < -0.3 is 5.11 Å². The molecule has 0 fully saturated rings. The van der Waals surface area contributed by atoms with Crippen molar-refractivity contribution in [3.05, 3.63) is 70.0 Å². The maximum absolute atomic E-state index is 9.92. The maximum Gasteiger partial charge on any atom is 0.150 e. The van der Waals surface area contributed by atoms with Gasteiger partial charge >= 0.3 is 0 Å². The molecule has 25 heavy (non-hydrogen) atoms. The largest absolute Gasteiger partial charge is 0.506 e. The van der Waals surface area contributed by atoms with Crippen molar-refractivity contribution in [2.75, 3.05) is 5.43 Å². The lowest BCUT2D eigenvalue weighted by molar-refractivity contribution is 0.475. The van der Waals surface area contributed by atoms with E-state index in [0.717, 1.165) is 11.3 Å². The Morgan fingerprint density at radius 1 is 1.08 bits per heavy atom. The molecule has 5 nitrogen and oxygen atoms in total. The van der Waals surface area contributed by atoms with E-state index >= 15 is 0 Å². The Balaban J connectivity index is 1.83. The summed E-state index contributed by atoms with van der Waals surface area (Å²) in [5.74, 6) is 1.07. The number of nitrogens with one attached hydrogen (secondary N) is 1. The molecule has 0 amide bonds. The predicted molar refractivity (Wildman–Crippen MR) is 102 cm³/mol. The fraction of sp³-hybridized carbons (Fsp3) is 0.0556. The fourth-order valence-corrected chi connectivity index (χ4v) is 2.74. The lowest BCUT2D eigenvalue weighted by Gasteiger charge is -2.06. The number of hydrogen-bond donors (Lipinski definition) is 2. The van der Waals surface area contributed by atoms with Gasteiger partial charge in [-0.2, -0.15) is 5.10 Å². The van der Waals surface area contributed by atoms with E-state index in [1.165, 1.54) is 12.3 Å². The number of benzene rings is 2. The number of rotatable bonds is 4. The summed E-state index contributed by atoms with van der Waals surface area (Å²) in [6.07, 6.45) is 1.42. The minimum atomic E-state index is -0.0829. The zero-order valence-electron chi connectivity index (χ0n) is 13.2. The molecular weight excluding hydrogens is 359 g/mol. The van der Waals surface area contributed by atoms with E-state index in [1.807, 2.05) is 37.3 Å². The van der Waals surface area contributed by atoms with Gasteiger partial charge in [0.15, 0.2) is 0 Å². The first-order valence-electron chi connectivity index (χ1n) is 7.41. The van der Waals surface area contributed by atoms with Gasteiger partial charge in [0.25, 0.3) is 0 Å². The molecule has 0 aliphatic rings. The summed E-state index contributed by atoms with van der Waals surface area (Å²) in [6.45, 7) is 1.81. The van der Waals surface area contributed by atoms with Crippen molar-refractivity contribution in [3.8, 4) is 17.0 Å². The summed E-state index contributed by atoms with van der Waals surface area (Å²) in [6, 6.07) is 14.6. The summed E-state index contributed by atoms with van der Waals surface area (Å²) in [5.41, 5.74) is 5.01. The second-order valence-electron chi connectivity index (χ2n) is 5.25. The molecule has 1 aromatic heterocycles. The van der Waals surface area contributed by atoms with Gasteiger partial charge in [-0.15, -0.1) is 0 Å². The third kappa shape index (κ3) is 4.26. The second kappa shape index (κ2) is 7.51. The predicted octanol–water partition coefficient (Wildman–Crippen LogP) is 4.91. The molecule has 0 aliphatic carbocycles. The molecule has 0 unspecified atom stereocenters. The Morgan fingerprint density at radius 2 is 1.84 bits per heavy atom. The normalized spacial score (nSPS) is 11.0. The van der Waals surface area contributed by atoms with Gasteiger partial charge in [0, 0.05) is 22.2 Å². The van der Waals surface area contributed by atoms with Crippen LogP contribution in [0.5, 0.6) is 5.75 Å². The van der Waals surface area contributed by atoms with Crippen LogP contribution in [-0.2, 0) is 0 Å². The van der Waals surface area contributed by atoms with E-state index in [-0.39, 0.29) is 10.8 Å². The summed E-state index contributed by atoms with van der Waals surface area (Å²) >= 11 is 11.8. The third-order valence-corrected chi connectivity index (χ3v) is 3.85. The van der Waals surface area contributed by atoms with Crippen molar-refractivity contribution in [1.29, 1.82) is 0 Å². The van der Waals surface area contributed by atoms with Crippen LogP contribution in [0.1, 0.15) is 11.4 Å². The molecular formula is C18H14Cl2N4O. The number of phenolic OH excluding ortho intramolecular Hbond substituents is 1. The van der Waals surface area contributed by atoms with Crippen molar-refractivity contribution in [2.45, 2.75) is 6.92 Å². The Hall–Kier alpha value is -2.63. The first-order chi connectivity index (χ1) is 12.0. The van der Waals surface area contributed by atoms with E-state index in [1.54, 1.807) is 12.1 Å². The van der Waals surface area contributed by atoms with Crippen molar-refractivity contribution in [2.24, 2.45) is 5.10 Å². The standard InChI is InChI=1S/C18H14Cl2N4O/c1-11-22-16(12-5-3-2-4-6-12)9-17(23-11)24-21-10-13-7-14(19)8-15(20)18(13)25/h2-10,25H,1H3,(H,22,23,24)/b21-10+. The number of aromatic hydroxyl groups is 1. The highest BCUT2D eigenvalue weighted by molar-refractivity contribution is 6.36. The van der Waals surface area contributed by atoms with Gasteiger partial charge in [-0.1, -0.05) is 53.5 Å². The number of aromatic nitrogens is 2. The molecule has 3 rings (SSSR count). The highest BCUT2D eigenvalue weighted by Gasteiger charge is 2.06. The van der Waals surface area contributed by atoms with Crippen LogP contribution in [0.2, 0.25) is 10.0 Å². The maximum atomic E-state index is 9.92. The van der Waals surface area contributed by atoms with Crippen LogP contribution in [-0.4, -0.2) is 21.3 Å². The summed E-state index contributed by atoms with van der Waals surface area (Å²) in [5, 5.41) is 14.6. The van der Waals surface area contributed by atoms with Gasteiger partial charge in [0.1, 0.15) is 17.4 Å². The van der Waals surface area contributed by atoms with Gasteiger partial charge in [0.2, 0.25) is 0 Å². The molecule has 0 atom stereocenters. The van der Waals surface area contributed by atoms with Crippen LogP contribution in [0.3, 0.4) is 0 Å². The van der Waals surface area contributed by atoms with Crippen molar-refractivity contribution in [1.82, 2.24) is 9.97 Å². The Bertz CT molecular complexity index is 930. The van der Waals surface area contributed by atoms with Gasteiger partial charge in [-0.3, -0.25) is 5.43 Å². The van der Waals surface area contributed by atoms with Crippen LogP contribution >= 0.6 is 23.2 Å². The lowest BCUT2D eigenvalue weighted by atomic mass is 10.1. The van der Waals surface area contributed by atoms with E-state index in [2.05, 4.69) is 20.5 Å². The number of anilines is 1. The third-order valence-electron chi connectivity index (χ3n) is 3.35. The highest BCUT2D eigenvalue weighted by Crippen LogP contribution is 2.30. The minimum Gasteiger partial charge on any atom is -0.506 e. The SMILES string of the molecule is Cc1nc(N/N=C/c2cc(Cl)cc(Cl)c2O)cc(-c2ccccc2)n1. The van der Waals surface area contributed by atoms with Crippen LogP contribution in [0.15, 0.2) is 53.6 Å². The summed E-state index contributed by atoms with van der Waals surface area (Å²) in [4.78, 5) is 8.73. The number of halogens is 2. The van der Waals surface area contributed by atoms with E-state index in [0.29, 0.717) is 22.2 Å². The second-order valence-corrected chi connectivity index (χ2v) is 6.09. The molecule has 3 aromatic rings. The number of phenols is 1. The van der Waals surface area contributed by atoms with E-state index in [4.69, 9.17) is 23.2 Å². The topological polar surface area (TPSA) is 70.4 Å². The minimum absolute atomic E-state index is 0.0829. The molecule has 7 heteroatoms. The summed E-state index contributed by atoms with van der Waals surface area (Å²) < 4.78 is 0. The van der Waals surface area contributed by atoms with Gasteiger partial charge in [0.05, 0.1) is 16.9 Å². The van der Waals surface area contributed by atoms with Crippen molar-refractivity contribution in [3.63, 3.8) is 0 Å². The first-order valence-corrected chi connectivity index (χ1v) is 8.17. The molecule has 2 aromatic carbocycles. The van der Waals surface area contributed by atoms with Crippen molar-refractivity contribution < 1.29 is 5.11 Å². The van der Waals surface area contributed by atoms with Crippen LogP contribution in [0.4, 0.5) is 5.82 Å². The van der Waals surface area contributed by atoms with Crippen molar-refractivity contribution >= 4 is 35.2 Å². The molecule has 0 saturated heterocycles. The van der Waals surface area contributed by atoms with Crippen LogP contribution in [0.25, 0.3) is 11.3 Å². The Morgan fingerprint density at radius 3 is 2.60 bits per heavy atom. The first kappa shape index (κ1) is 17.2.